The summed E-state index contributed by atoms with van der Waals surface area (Å²) >= 11 is 0. The summed E-state index contributed by atoms with van der Waals surface area (Å²) < 4.78 is 0. The highest BCUT2D eigenvalue weighted by atomic mass is 16.2. The third-order valence-electron chi connectivity index (χ3n) is 6.68. The van der Waals surface area contributed by atoms with Crippen LogP contribution < -0.4 is 10.6 Å². The highest BCUT2D eigenvalue weighted by molar-refractivity contribution is 5.78. The van der Waals surface area contributed by atoms with Gasteiger partial charge in [-0.1, -0.05) is 19.3 Å². The first-order valence-corrected chi connectivity index (χ1v) is 8.84. The van der Waals surface area contributed by atoms with Gasteiger partial charge >= 0.3 is 0 Å². The Labute approximate surface area is 122 Å². The molecule has 1 amide bonds. The molecule has 3 heteroatoms. The van der Waals surface area contributed by atoms with E-state index in [1.54, 1.807) is 0 Å². The van der Waals surface area contributed by atoms with Crippen molar-refractivity contribution in [2.75, 3.05) is 6.54 Å². The van der Waals surface area contributed by atoms with Crippen molar-refractivity contribution in [3.05, 3.63) is 0 Å². The summed E-state index contributed by atoms with van der Waals surface area (Å²) in [5.74, 6) is 3.94. The zero-order chi connectivity index (χ0) is 13.5. The second kappa shape index (κ2) is 5.32. The number of nitrogens with one attached hydrogen (secondary N) is 2. The van der Waals surface area contributed by atoms with Gasteiger partial charge in [0.15, 0.2) is 0 Å². The fraction of sp³-hybridized carbons (Fsp3) is 0.941. The van der Waals surface area contributed by atoms with Gasteiger partial charge in [0, 0.05) is 12.1 Å². The van der Waals surface area contributed by atoms with Crippen molar-refractivity contribution >= 4 is 5.91 Å². The van der Waals surface area contributed by atoms with Gasteiger partial charge in [-0.05, 0) is 62.2 Å². The SMILES string of the molecule is O=C(CNC1CCCC1)NC1CC2CC1C1CCCC21. The van der Waals surface area contributed by atoms with Gasteiger partial charge in [0.1, 0.15) is 0 Å². The van der Waals surface area contributed by atoms with Crippen molar-refractivity contribution in [2.45, 2.75) is 69.9 Å². The summed E-state index contributed by atoms with van der Waals surface area (Å²) in [5, 5.41) is 6.78. The van der Waals surface area contributed by atoms with Crippen LogP contribution in [0.2, 0.25) is 0 Å². The molecule has 0 spiro atoms. The summed E-state index contributed by atoms with van der Waals surface area (Å²) in [4.78, 5) is 12.2. The van der Waals surface area contributed by atoms with Crippen LogP contribution in [0.3, 0.4) is 0 Å². The van der Waals surface area contributed by atoms with Crippen LogP contribution in [0.5, 0.6) is 0 Å². The molecular formula is C17H28N2O. The average Bonchev–Trinajstić information content (AvgIpc) is 3.18. The van der Waals surface area contributed by atoms with Gasteiger partial charge in [0.2, 0.25) is 5.91 Å². The zero-order valence-electron chi connectivity index (χ0n) is 12.4. The monoisotopic (exact) mass is 276 g/mol. The molecule has 0 heterocycles. The van der Waals surface area contributed by atoms with Crippen LogP contribution in [0.15, 0.2) is 0 Å². The highest BCUT2D eigenvalue weighted by Crippen LogP contribution is 2.58. The Morgan fingerprint density at radius 3 is 2.55 bits per heavy atom. The van der Waals surface area contributed by atoms with Crippen molar-refractivity contribution in [1.29, 1.82) is 0 Å². The summed E-state index contributed by atoms with van der Waals surface area (Å²) in [5.41, 5.74) is 0. The van der Waals surface area contributed by atoms with Crippen LogP contribution in [-0.4, -0.2) is 24.5 Å². The van der Waals surface area contributed by atoms with Crippen molar-refractivity contribution in [3.8, 4) is 0 Å². The van der Waals surface area contributed by atoms with E-state index in [2.05, 4.69) is 10.6 Å². The fourth-order valence-corrected chi connectivity index (χ4v) is 5.86. The van der Waals surface area contributed by atoms with Gasteiger partial charge in [-0.3, -0.25) is 4.79 Å². The third-order valence-corrected chi connectivity index (χ3v) is 6.68. The first-order chi connectivity index (χ1) is 9.81. The van der Waals surface area contributed by atoms with Crippen LogP contribution in [-0.2, 0) is 4.79 Å². The largest absolute Gasteiger partial charge is 0.352 e. The van der Waals surface area contributed by atoms with E-state index in [0.717, 1.165) is 23.7 Å². The van der Waals surface area contributed by atoms with E-state index in [4.69, 9.17) is 0 Å². The topological polar surface area (TPSA) is 41.1 Å². The van der Waals surface area contributed by atoms with Gasteiger partial charge in [0.25, 0.3) is 0 Å². The molecule has 20 heavy (non-hydrogen) atoms. The van der Waals surface area contributed by atoms with E-state index in [-0.39, 0.29) is 5.91 Å². The smallest absolute Gasteiger partial charge is 0.234 e. The van der Waals surface area contributed by atoms with Gasteiger partial charge in [-0.2, -0.15) is 0 Å². The lowest BCUT2D eigenvalue weighted by Gasteiger charge is -2.32. The molecular weight excluding hydrogens is 248 g/mol. The molecule has 4 aliphatic rings. The van der Waals surface area contributed by atoms with Crippen molar-refractivity contribution in [3.63, 3.8) is 0 Å². The molecule has 4 saturated carbocycles. The van der Waals surface area contributed by atoms with Crippen LogP contribution >= 0.6 is 0 Å². The number of carbonyl (C=O) groups excluding carboxylic acids is 1. The first kappa shape index (κ1) is 13.1. The summed E-state index contributed by atoms with van der Waals surface area (Å²) in [6.45, 7) is 0.534. The van der Waals surface area contributed by atoms with Gasteiger partial charge < -0.3 is 10.6 Å². The molecule has 0 aliphatic heterocycles. The minimum atomic E-state index is 0.240. The Hall–Kier alpha value is -0.570. The Kier molecular flexibility index (Phi) is 3.49. The van der Waals surface area contributed by atoms with E-state index >= 15 is 0 Å². The Morgan fingerprint density at radius 1 is 0.900 bits per heavy atom. The van der Waals surface area contributed by atoms with E-state index in [9.17, 15) is 4.79 Å². The van der Waals surface area contributed by atoms with Crippen LogP contribution in [0, 0.1) is 23.7 Å². The Balaban J connectivity index is 1.26. The zero-order valence-corrected chi connectivity index (χ0v) is 12.4. The van der Waals surface area contributed by atoms with Crippen molar-refractivity contribution in [2.24, 2.45) is 23.7 Å². The standard InChI is InChI=1S/C17H28N2O/c20-17(10-18-12-4-1-2-5-12)19-16-9-11-8-15(16)14-7-3-6-13(11)14/h11-16,18H,1-10H2,(H,19,20). The molecule has 0 aromatic heterocycles. The molecule has 4 fully saturated rings. The average molecular weight is 276 g/mol. The van der Waals surface area contributed by atoms with E-state index in [1.165, 1.54) is 57.8 Å². The number of fused-ring (bicyclic) bond motifs is 5. The minimum absolute atomic E-state index is 0.240. The third kappa shape index (κ3) is 2.28. The lowest BCUT2D eigenvalue weighted by molar-refractivity contribution is -0.121. The Morgan fingerprint density at radius 2 is 1.70 bits per heavy atom. The van der Waals surface area contributed by atoms with E-state index in [0.29, 0.717) is 18.6 Å². The molecule has 5 unspecified atom stereocenters. The normalized spacial score (nSPS) is 43.1. The molecule has 4 rings (SSSR count). The van der Waals surface area contributed by atoms with Crippen LogP contribution in [0.1, 0.15) is 57.8 Å². The number of carbonyl (C=O) groups is 1. The molecule has 3 nitrogen and oxygen atoms in total. The summed E-state index contributed by atoms with van der Waals surface area (Å²) in [6, 6.07) is 1.09. The molecule has 0 aromatic carbocycles. The van der Waals surface area contributed by atoms with Gasteiger partial charge in [-0.15, -0.1) is 0 Å². The van der Waals surface area contributed by atoms with E-state index in [1.807, 2.05) is 0 Å². The van der Waals surface area contributed by atoms with Gasteiger partial charge in [-0.25, -0.2) is 0 Å². The highest BCUT2D eigenvalue weighted by Gasteiger charge is 2.53. The number of hydrogen-bond donors (Lipinski definition) is 2. The second-order valence-electron chi connectivity index (χ2n) is 7.69. The minimum Gasteiger partial charge on any atom is -0.352 e. The van der Waals surface area contributed by atoms with Crippen LogP contribution in [0.25, 0.3) is 0 Å². The maximum Gasteiger partial charge on any atom is 0.234 e. The fourth-order valence-electron chi connectivity index (χ4n) is 5.86. The molecule has 2 bridgehead atoms. The molecule has 0 saturated heterocycles. The lowest BCUT2D eigenvalue weighted by Crippen LogP contribution is -2.46. The van der Waals surface area contributed by atoms with Crippen molar-refractivity contribution < 1.29 is 4.79 Å². The summed E-state index contributed by atoms with van der Waals surface area (Å²) in [6.07, 6.45) is 12.2. The Bertz CT molecular complexity index is 377. The lowest BCUT2D eigenvalue weighted by atomic mass is 9.79. The number of hydrogen-bond acceptors (Lipinski definition) is 2. The van der Waals surface area contributed by atoms with Crippen LogP contribution in [0.4, 0.5) is 0 Å². The van der Waals surface area contributed by atoms with E-state index < -0.39 is 0 Å². The molecule has 2 N–H and O–H groups in total. The molecule has 112 valence electrons. The number of amides is 1. The predicted octanol–water partition coefficient (Wildman–Crippen LogP) is 2.46. The molecule has 0 radical (unpaired) electrons. The molecule has 0 aromatic rings. The maximum absolute atomic E-state index is 12.2. The second-order valence-corrected chi connectivity index (χ2v) is 7.69. The number of rotatable bonds is 4. The molecule has 5 atom stereocenters. The molecule has 4 aliphatic carbocycles. The quantitative estimate of drug-likeness (QED) is 0.828. The van der Waals surface area contributed by atoms with Gasteiger partial charge in [0.05, 0.1) is 6.54 Å². The maximum atomic E-state index is 12.2. The summed E-state index contributed by atoms with van der Waals surface area (Å²) in [7, 11) is 0. The predicted molar refractivity (Wildman–Crippen MR) is 79.2 cm³/mol. The first-order valence-electron chi connectivity index (χ1n) is 8.84. The van der Waals surface area contributed by atoms with Crippen molar-refractivity contribution in [1.82, 2.24) is 10.6 Å².